The molecule has 0 bridgehead atoms. The van der Waals surface area contributed by atoms with Crippen molar-refractivity contribution in [3.8, 4) is 0 Å². The summed E-state index contributed by atoms with van der Waals surface area (Å²) in [5.74, 6) is -0.794. The van der Waals surface area contributed by atoms with Gasteiger partial charge in [-0.05, 0) is 61.7 Å². The first-order valence-corrected chi connectivity index (χ1v) is 10.0. The smallest absolute Gasteiger partial charge is 0.326 e. The molecule has 9 heteroatoms. The predicted octanol–water partition coefficient (Wildman–Crippen LogP) is 3.66. The van der Waals surface area contributed by atoms with Crippen LogP contribution in [-0.4, -0.2) is 21.4 Å². The van der Waals surface area contributed by atoms with Gasteiger partial charge in [0.1, 0.15) is 0 Å². The number of hydrogen-bond acceptors (Lipinski definition) is 3. The lowest BCUT2D eigenvalue weighted by molar-refractivity contribution is -0.137. The Labute approximate surface area is 161 Å². The van der Waals surface area contributed by atoms with E-state index in [0.29, 0.717) is 23.2 Å². The van der Waals surface area contributed by atoms with Crippen LogP contribution in [0.1, 0.15) is 29.0 Å². The Hall–Kier alpha value is -2.39. The maximum Gasteiger partial charge on any atom is 0.416 e. The van der Waals surface area contributed by atoms with Gasteiger partial charge in [0.25, 0.3) is 0 Å². The fourth-order valence-corrected chi connectivity index (χ4v) is 4.08. The predicted molar refractivity (Wildman–Crippen MR) is 98.3 cm³/mol. The fourth-order valence-electron chi connectivity index (χ4n) is 3.08. The summed E-state index contributed by atoms with van der Waals surface area (Å²) in [6.45, 7) is 1.65. The summed E-state index contributed by atoms with van der Waals surface area (Å²) >= 11 is 0. The minimum atomic E-state index is -4.39. The summed E-state index contributed by atoms with van der Waals surface area (Å²) in [5.41, 5.74) is 0.843. The summed E-state index contributed by atoms with van der Waals surface area (Å²) in [5, 5.41) is 2.69. The summed E-state index contributed by atoms with van der Waals surface area (Å²) < 4.78 is 64.2. The molecule has 28 heavy (non-hydrogen) atoms. The first kappa shape index (κ1) is 20.3. The van der Waals surface area contributed by atoms with Crippen molar-refractivity contribution >= 4 is 21.6 Å². The van der Waals surface area contributed by atoms with Crippen LogP contribution >= 0.6 is 0 Å². The Morgan fingerprint density at radius 3 is 2.32 bits per heavy atom. The highest BCUT2D eigenvalue weighted by Gasteiger charge is 2.44. The molecule has 150 valence electrons. The lowest BCUT2D eigenvalue weighted by Crippen LogP contribution is -2.20. The average Bonchev–Trinajstić information content (AvgIpc) is 3.43. The van der Waals surface area contributed by atoms with Crippen LogP contribution in [0.2, 0.25) is 0 Å². The zero-order chi connectivity index (χ0) is 20.7. The van der Waals surface area contributed by atoms with Gasteiger partial charge in [0.05, 0.1) is 10.5 Å². The van der Waals surface area contributed by atoms with E-state index in [1.54, 1.807) is 19.1 Å². The van der Waals surface area contributed by atoms with Crippen molar-refractivity contribution in [1.29, 1.82) is 0 Å². The van der Waals surface area contributed by atoms with E-state index in [0.717, 1.165) is 12.1 Å². The van der Waals surface area contributed by atoms with Crippen LogP contribution in [0.25, 0.3) is 0 Å². The molecule has 3 rings (SSSR count). The molecule has 1 aliphatic carbocycles. The number of hydrogen-bond donors (Lipinski definition) is 2. The molecule has 1 amide bonds. The van der Waals surface area contributed by atoms with Crippen LogP contribution in [0.3, 0.4) is 0 Å². The monoisotopic (exact) mass is 412 g/mol. The third-order valence-corrected chi connectivity index (χ3v) is 6.36. The number of halogens is 3. The van der Waals surface area contributed by atoms with Crippen molar-refractivity contribution in [1.82, 2.24) is 4.72 Å². The fraction of sp³-hybridized carbons (Fsp3) is 0.316. The van der Waals surface area contributed by atoms with Crippen LogP contribution in [0.5, 0.6) is 0 Å². The minimum Gasteiger partial charge on any atom is -0.326 e. The molecule has 0 saturated heterocycles. The van der Waals surface area contributed by atoms with Crippen LogP contribution < -0.4 is 10.0 Å². The summed E-state index contributed by atoms with van der Waals surface area (Å²) in [7, 11) is -2.35. The van der Waals surface area contributed by atoms with E-state index >= 15 is 0 Å². The topological polar surface area (TPSA) is 75.3 Å². The Morgan fingerprint density at radius 2 is 1.75 bits per heavy atom. The van der Waals surface area contributed by atoms with Gasteiger partial charge in [0.2, 0.25) is 15.9 Å². The molecule has 2 atom stereocenters. The first-order chi connectivity index (χ1) is 13.0. The second-order valence-electron chi connectivity index (χ2n) is 6.75. The van der Waals surface area contributed by atoms with Crippen molar-refractivity contribution < 1.29 is 26.4 Å². The van der Waals surface area contributed by atoms with Gasteiger partial charge in [0.15, 0.2) is 0 Å². The van der Waals surface area contributed by atoms with E-state index in [2.05, 4.69) is 10.0 Å². The van der Waals surface area contributed by atoms with Crippen LogP contribution in [0.4, 0.5) is 18.9 Å². The molecule has 0 radical (unpaired) electrons. The molecule has 0 aliphatic heterocycles. The quantitative estimate of drug-likeness (QED) is 0.787. The highest BCUT2D eigenvalue weighted by atomic mass is 32.2. The van der Waals surface area contributed by atoms with Crippen molar-refractivity contribution in [2.45, 2.75) is 30.3 Å². The number of sulfonamides is 1. The Morgan fingerprint density at radius 1 is 1.11 bits per heavy atom. The number of amides is 1. The van der Waals surface area contributed by atoms with E-state index < -0.39 is 21.8 Å². The summed E-state index contributed by atoms with van der Waals surface area (Å²) in [6, 6.07) is 9.40. The van der Waals surface area contributed by atoms with Gasteiger partial charge in [-0.1, -0.05) is 18.2 Å². The molecule has 2 aromatic carbocycles. The number of rotatable bonds is 5. The second kappa shape index (κ2) is 7.21. The van der Waals surface area contributed by atoms with Gasteiger partial charge in [-0.25, -0.2) is 13.1 Å². The number of nitrogens with one attached hydrogen (secondary N) is 2. The highest BCUT2D eigenvalue weighted by molar-refractivity contribution is 7.89. The van der Waals surface area contributed by atoms with E-state index in [9.17, 15) is 26.4 Å². The van der Waals surface area contributed by atoms with Crippen LogP contribution in [0.15, 0.2) is 47.4 Å². The van der Waals surface area contributed by atoms with Crippen molar-refractivity contribution in [3.05, 3.63) is 59.2 Å². The maximum absolute atomic E-state index is 12.6. The SMILES string of the molecule is CNS(=O)(=O)c1cc(NC(=O)C2CC2c2ccc(C(F)(F)F)cc2)ccc1C. The van der Waals surface area contributed by atoms with Gasteiger partial charge >= 0.3 is 6.18 Å². The number of carbonyl (C=O) groups is 1. The third kappa shape index (κ3) is 4.20. The average molecular weight is 412 g/mol. The minimum absolute atomic E-state index is 0.0721. The van der Waals surface area contributed by atoms with Crippen LogP contribution in [-0.2, 0) is 21.0 Å². The van der Waals surface area contributed by atoms with Gasteiger partial charge in [-0.2, -0.15) is 13.2 Å². The number of alkyl halides is 3. The molecule has 0 aromatic heterocycles. The molecule has 2 N–H and O–H groups in total. The largest absolute Gasteiger partial charge is 0.416 e. The van der Waals surface area contributed by atoms with Gasteiger partial charge in [-0.15, -0.1) is 0 Å². The van der Waals surface area contributed by atoms with Gasteiger partial charge in [-0.3, -0.25) is 4.79 Å². The number of anilines is 1. The number of carbonyl (C=O) groups excluding carboxylic acids is 1. The van der Waals surface area contributed by atoms with Gasteiger partial charge < -0.3 is 5.32 Å². The standard InChI is InChI=1S/C19H19F3N2O3S/c1-11-3-8-14(9-17(11)28(26,27)23-2)24-18(25)16-10-15(16)12-4-6-13(7-5-12)19(20,21)22/h3-9,15-16,23H,10H2,1-2H3,(H,24,25). The van der Waals surface area contributed by atoms with Crippen molar-refractivity contribution in [3.63, 3.8) is 0 Å². The lowest BCUT2D eigenvalue weighted by Gasteiger charge is -2.11. The van der Waals surface area contributed by atoms with E-state index in [-0.39, 0.29) is 22.6 Å². The lowest BCUT2D eigenvalue weighted by atomic mass is 10.1. The molecule has 0 spiro atoms. The summed E-state index contributed by atoms with van der Waals surface area (Å²) in [6.07, 6.45) is -3.86. The number of benzene rings is 2. The Bertz CT molecular complexity index is 1000. The van der Waals surface area contributed by atoms with E-state index in [1.807, 2.05) is 0 Å². The molecular formula is C19H19F3N2O3S. The zero-order valence-corrected chi connectivity index (χ0v) is 16.0. The molecule has 2 unspecified atom stereocenters. The van der Waals surface area contributed by atoms with Crippen LogP contribution in [0, 0.1) is 12.8 Å². The van der Waals surface area contributed by atoms with E-state index in [1.165, 1.54) is 25.2 Å². The number of aryl methyl sites for hydroxylation is 1. The molecule has 0 heterocycles. The Balaban J connectivity index is 1.70. The van der Waals surface area contributed by atoms with Crippen molar-refractivity contribution in [2.75, 3.05) is 12.4 Å². The highest BCUT2D eigenvalue weighted by Crippen LogP contribution is 2.48. The molecule has 1 aliphatic rings. The molecule has 1 fully saturated rings. The Kier molecular flexibility index (Phi) is 5.24. The molecule has 5 nitrogen and oxygen atoms in total. The second-order valence-corrected chi connectivity index (χ2v) is 8.60. The maximum atomic E-state index is 12.6. The normalized spacial score (nSPS) is 19.3. The molecular weight excluding hydrogens is 393 g/mol. The third-order valence-electron chi connectivity index (χ3n) is 4.81. The van der Waals surface area contributed by atoms with Gasteiger partial charge in [0, 0.05) is 11.6 Å². The molecule has 2 aromatic rings. The molecule has 1 saturated carbocycles. The van der Waals surface area contributed by atoms with Crippen molar-refractivity contribution in [2.24, 2.45) is 5.92 Å². The zero-order valence-electron chi connectivity index (χ0n) is 15.2. The van der Waals surface area contributed by atoms with E-state index in [4.69, 9.17) is 0 Å². The summed E-state index contributed by atoms with van der Waals surface area (Å²) in [4.78, 5) is 12.5. The first-order valence-electron chi connectivity index (χ1n) is 8.55.